The first-order chi connectivity index (χ1) is 13.3. The van der Waals surface area contributed by atoms with E-state index in [9.17, 15) is 0 Å². The molecule has 27 heavy (non-hydrogen) atoms. The number of fused-ring (bicyclic) bond motifs is 1. The summed E-state index contributed by atoms with van der Waals surface area (Å²) in [4.78, 5) is 14.2. The molecule has 0 aromatic carbocycles. The Balaban J connectivity index is 1.54. The number of hydrogen-bond donors (Lipinski definition) is 0. The van der Waals surface area contributed by atoms with Crippen LogP contribution >= 0.6 is 0 Å². The van der Waals surface area contributed by atoms with Gasteiger partial charge in [-0.05, 0) is 38.0 Å². The Labute approximate surface area is 158 Å². The third-order valence-electron chi connectivity index (χ3n) is 5.48. The van der Waals surface area contributed by atoms with Gasteiger partial charge in [0.05, 0.1) is 36.5 Å². The van der Waals surface area contributed by atoms with E-state index in [4.69, 9.17) is 14.7 Å². The molecule has 5 heterocycles. The second-order valence-electron chi connectivity index (χ2n) is 7.20. The Hall–Kier alpha value is -2.67. The molecule has 0 unspecified atom stereocenters. The summed E-state index contributed by atoms with van der Waals surface area (Å²) < 4.78 is 7.44. The Morgan fingerprint density at radius 3 is 2.52 bits per heavy atom. The zero-order valence-corrected chi connectivity index (χ0v) is 15.6. The number of aromatic nitrogens is 4. The number of ether oxygens (including phenoxy) is 1. The summed E-state index contributed by atoms with van der Waals surface area (Å²) in [6.07, 6.45) is 6.32. The van der Waals surface area contributed by atoms with Crippen LogP contribution in [0.1, 0.15) is 18.5 Å². The van der Waals surface area contributed by atoms with Crippen molar-refractivity contribution >= 4 is 17.2 Å². The fourth-order valence-electron chi connectivity index (χ4n) is 4.08. The number of nitrogens with zero attached hydrogens (tertiary/aromatic N) is 6. The molecule has 2 fully saturated rings. The number of imidazole rings is 1. The highest BCUT2D eigenvalue weighted by Crippen LogP contribution is 2.29. The van der Waals surface area contributed by atoms with E-state index in [0.29, 0.717) is 0 Å². The molecule has 0 bridgehead atoms. The van der Waals surface area contributed by atoms with Crippen LogP contribution in [-0.2, 0) is 4.74 Å². The number of morpholine rings is 1. The maximum Gasteiger partial charge on any atom is 0.178 e. The van der Waals surface area contributed by atoms with Gasteiger partial charge in [0.25, 0.3) is 0 Å². The summed E-state index contributed by atoms with van der Waals surface area (Å²) in [7, 11) is 0. The van der Waals surface area contributed by atoms with Crippen LogP contribution < -0.4 is 9.80 Å². The molecule has 7 nitrogen and oxygen atoms in total. The number of aryl methyl sites for hydroxylation is 1. The molecule has 5 rings (SSSR count). The second kappa shape index (κ2) is 6.81. The van der Waals surface area contributed by atoms with Gasteiger partial charge >= 0.3 is 0 Å². The summed E-state index contributed by atoms with van der Waals surface area (Å²) in [5.41, 5.74) is 5.05. The quantitative estimate of drug-likeness (QED) is 0.712. The molecule has 0 aliphatic carbocycles. The van der Waals surface area contributed by atoms with Crippen molar-refractivity contribution in [3.63, 3.8) is 0 Å². The van der Waals surface area contributed by atoms with Gasteiger partial charge in [0, 0.05) is 37.9 Å². The monoisotopic (exact) mass is 364 g/mol. The van der Waals surface area contributed by atoms with Gasteiger partial charge in [-0.1, -0.05) is 0 Å². The summed E-state index contributed by atoms with van der Waals surface area (Å²) >= 11 is 0. The third kappa shape index (κ3) is 2.92. The van der Waals surface area contributed by atoms with E-state index < -0.39 is 0 Å². The standard InChI is InChI=1S/C20H24N6O/c1-15-19(16-4-5-18(21-14-16)25-8-2-3-9-25)26-20(23-15)17(6-7-22-26)24-10-12-27-13-11-24/h4-7,14H,2-3,8-13H2,1H3. The predicted molar refractivity (Wildman–Crippen MR) is 105 cm³/mol. The van der Waals surface area contributed by atoms with Gasteiger partial charge in [-0.2, -0.15) is 5.10 Å². The topological polar surface area (TPSA) is 58.8 Å². The molecule has 2 saturated heterocycles. The minimum absolute atomic E-state index is 0.753. The van der Waals surface area contributed by atoms with E-state index in [2.05, 4.69) is 27.0 Å². The molecule has 3 aromatic heterocycles. The predicted octanol–water partition coefficient (Wildman–Crippen LogP) is 2.54. The van der Waals surface area contributed by atoms with E-state index in [1.54, 1.807) is 0 Å². The summed E-state index contributed by atoms with van der Waals surface area (Å²) in [5, 5.41) is 4.59. The summed E-state index contributed by atoms with van der Waals surface area (Å²) in [6.45, 7) is 7.52. The average Bonchev–Trinajstić information content (AvgIpc) is 3.36. The Bertz CT molecular complexity index is 939. The Morgan fingerprint density at radius 2 is 1.78 bits per heavy atom. The second-order valence-corrected chi connectivity index (χ2v) is 7.20. The zero-order chi connectivity index (χ0) is 18.2. The first kappa shape index (κ1) is 16.5. The van der Waals surface area contributed by atoms with Crippen LogP contribution in [0.2, 0.25) is 0 Å². The smallest absolute Gasteiger partial charge is 0.178 e. The molecule has 2 aliphatic heterocycles. The molecule has 7 heteroatoms. The van der Waals surface area contributed by atoms with E-state index in [1.165, 1.54) is 12.8 Å². The van der Waals surface area contributed by atoms with Crippen LogP contribution in [0.3, 0.4) is 0 Å². The van der Waals surface area contributed by atoms with Gasteiger partial charge < -0.3 is 14.5 Å². The molecule has 140 valence electrons. The van der Waals surface area contributed by atoms with Crippen LogP contribution in [0.4, 0.5) is 11.5 Å². The van der Waals surface area contributed by atoms with Crippen LogP contribution in [0.5, 0.6) is 0 Å². The van der Waals surface area contributed by atoms with Gasteiger partial charge in [0.1, 0.15) is 5.82 Å². The summed E-state index contributed by atoms with van der Waals surface area (Å²) in [6, 6.07) is 6.30. The molecule has 0 radical (unpaired) electrons. The van der Waals surface area contributed by atoms with Crippen molar-refractivity contribution in [1.29, 1.82) is 0 Å². The van der Waals surface area contributed by atoms with Gasteiger partial charge in [-0.3, -0.25) is 0 Å². The molecule has 3 aromatic rings. The van der Waals surface area contributed by atoms with Crippen LogP contribution in [0, 0.1) is 6.92 Å². The van der Waals surface area contributed by atoms with Crippen LogP contribution in [0.15, 0.2) is 30.6 Å². The molecule has 2 aliphatic rings. The van der Waals surface area contributed by atoms with Crippen molar-refractivity contribution < 1.29 is 4.74 Å². The van der Waals surface area contributed by atoms with E-state index in [0.717, 1.165) is 73.5 Å². The number of rotatable bonds is 3. The molecule has 0 amide bonds. The molecule has 0 atom stereocenters. The van der Waals surface area contributed by atoms with E-state index in [1.807, 2.05) is 29.9 Å². The maximum absolute atomic E-state index is 5.49. The molecule has 0 N–H and O–H groups in total. The molecule has 0 spiro atoms. The first-order valence-electron chi connectivity index (χ1n) is 9.70. The average molecular weight is 364 g/mol. The number of hydrogen-bond acceptors (Lipinski definition) is 6. The first-order valence-corrected chi connectivity index (χ1v) is 9.70. The molecular weight excluding hydrogens is 340 g/mol. The minimum Gasteiger partial charge on any atom is -0.378 e. The van der Waals surface area contributed by atoms with Crippen LogP contribution in [0.25, 0.3) is 16.9 Å². The Morgan fingerprint density at radius 1 is 0.963 bits per heavy atom. The van der Waals surface area contributed by atoms with Crippen molar-refractivity contribution in [2.45, 2.75) is 19.8 Å². The lowest BCUT2D eigenvalue weighted by molar-refractivity contribution is 0.123. The normalized spacial score (nSPS) is 17.8. The fraction of sp³-hybridized carbons (Fsp3) is 0.450. The van der Waals surface area contributed by atoms with E-state index >= 15 is 0 Å². The highest BCUT2D eigenvalue weighted by molar-refractivity contribution is 5.75. The third-order valence-corrected chi connectivity index (χ3v) is 5.48. The van der Waals surface area contributed by atoms with Crippen molar-refractivity contribution in [2.75, 3.05) is 49.2 Å². The van der Waals surface area contributed by atoms with E-state index in [-0.39, 0.29) is 0 Å². The summed E-state index contributed by atoms with van der Waals surface area (Å²) in [5.74, 6) is 1.06. The number of anilines is 2. The highest BCUT2D eigenvalue weighted by Gasteiger charge is 2.20. The van der Waals surface area contributed by atoms with Crippen molar-refractivity contribution in [3.8, 4) is 11.3 Å². The largest absolute Gasteiger partial charge is 0.378 e. The fourth-order valence-corrected chi connectivity index (χ4v) is 4.08. The van der Waals surface area contributed by atoms with Crippen molar-refractivity contribution in [1.82, 2.24) is 19.6 Å². The minimum atomic E-state index is 0.753. The highest BCUT2D eigenvalue weighted by atomic mass is 16.5. The zero-order valence-electron chi connectivity index (χ0n) is 15.6. The van der Waals surface area contributed by atoms with Gasteiger partial charge in [0.15, 0.2) is 5.65 Å². The SMILES string of the molecule is Cc1nc2c(N3CCOCC3)ccnn2c1-c1ccc(N2CCCC2)nc1. The van der Waals surface area contributed by atoms with Crippen LogP contribution in [-0.4, -0.2) is 59.0 Å². The van der Waals surface area contributed by atoms with Gasteiger partial charge in [-0.25, -0.2) is 14.5 Å². The molecule has 0 saturated carbocycles. The van der Waals surface area contributed by atoms with Gasteiger partial charge in [0.2, 0.25) is 0 Å². The van der Waals surface area contributed by atoms with Gasteiger partial charge in [-0.15, -0.1) is 0 Å². The number of pyridine rings is 1. The molecular formula is C20H24N6O. The Kier molecular flexibility index (Phi) is 4.16. The van der Waals surface area contributed by atoms with Crippen molar-refractivity contribution in [2.24, 2.45) is 0 Å². The van der Waals surface area contributed by atoms with Crippen molar-refractivity contribution in [3.05, 3.63) is 36.3 Å². The lowest BCUT2D eigenvalue weighted by atomic mass is 10.2. The maximum atomic E-state index is 5.49. The lowest BCUT2D eigenvalue weighted by Gasteiger charge is -2.28. The lowest BCUT2D eigenvalue weighted by Crippen LogP contribution is -2.36.